The molecule has 1 aromatic heterocycles. The van der Waals surface area contributed by atoms with Crippen LogP contribution in [0.2, 0.25) is 0 Å². The predicted molar refractivity (Wildman–Crippen MR) is 68.3 cm³/mol. The van der Waals surface area contributed by atoms with Gasteiger partial charge in [0.25, 0.3) is 0 Å². The molecule has 18 heavy (non-hydrogen) atoms. The van der Waals surface area contributed by atoms with Crippen LogP contribution in [0.15, 0.2) is 10.8 Å². The largest absolute Gasteiger partial charge is 0.412 e. The zero-order valence-electron chi connectivity index (χ0n) is 10.3. The smallest absolute Gasteiger partial charge is 0.405 e. The van der Waals surface area contributed by atoms with Crippen LogP contribution in [-0.2, 0) is 0 Å². The molecule has 0 spiro atoms. The topological polar surface area (TPSA) is 76.7 Å². The fourth-order valence-corrected chi connectivity index (χ4v) is 1.71. The van der Waals surface area contributed by atoms with E-state index in [0.717, 1.165) is 6.42 Å². The number of nitrogens with one attached hydrogen (secondary N) is 2. The van der Waals surface area contributed by atoms with E-state index in [0.29, 0.717) is 13.1 Å². The van der Waals surface area contributed by atoms with Crippen molar-refractivity contribution in [3.63, 3.8) is 0 Å². The molecular formula is C11H16N2O4S. The number of thiophene rings is 1. The summed E-state index contributed by atoms with van der Waals surface area (Å²) in [5.74, 6) is 0.470. The number of carbonyl (C=O) groups excluding carboxylic acids is 2. The average Bonchev–Trinajstić information content (AvgIpc) is 2.74. The molecular weight excluding hydrogens is 256 g/mol. The fraction of sp³-hybridized carbons (Fsp3) is 0.455. The molecule has 0 aliphatic rings. The van der Waals surface area contributed by atoms with E-state index in [-0.39, 0.29) is 11.5 Å². The highest BCUT2D eigenvalue weighted by atomic mass is 32.1. The maximum Gasteiger partial charge on any atom is 0.412 e. The van der Waals surface area contributed by atoms with Crippen LogP contribution in [0, 0.1) is 0 Å². The van der Waals surface area contributed by atoms with Crippen LogP contribution in [0.4, 0.5) is 9.59 Å². The lowest BCUT2D eigenvalue weighted by Gasteiger charge is -2.07. The molecule has 7 heteroatoms. The third-order valence-electron chi connectivity index (χ3n) is 1.84. The van der Waals surface area contributed by atoms with Crippen LogP contribution < -0.4 is 20.1 Å². The number of hydrogen-bond donors (Lipinski definition) is 2. The molecule has 1 aromatic rings. The second kappa shape index (κ2) is 7.54. The molecule has 1 heterocycles. The first kappa shape index (κ1) is 14.3. The summed E-state index contributed by atoms with van der Waals surface area (Å²) >= 11 is 1.28. The number of rotatable bonds is 5. The van der Waals surface area contributed by atoms with E-state index in [2.05, 4.69) is 10.6 Å². The first-order valence-electron chi connectivity index (χ1n) is 5.64. The van der Waals surface area contributed by atoms with Crippen molar-refractivity contribution in [2.75, 3.05) is 13.1 Å². The van der Waals surface area contributed by atoms with E-state index in [9.17, 15) is 9.59 Å². The van der Waals surface area contributed by atoms with E-state index >= 15 is 0 Å². The highest BCUT2D eigenvalue weighted by Gasteiger charge is 2.13. The second-order valence-electron chi connectivity index (χ2n) is 3.34. The number of amides is 2. The molecule has 0 saturated carbocycles. The van der Waals surface area contributed by atoms with Crippen LogP contribution in [0.5, 0.6) is 11.5 Å². The van der Waals surface area contributed by atoms with Crippen LogP contribution in [-0.4, -0.2) is 25.3 Å². The second-order valence-corrected chi connectivity index (χ2v) is 4.08. The summed E-state index contributed by atoms with van der Waals surface area (Å²) in [7, 11) is 0. The van der Waals surface area contributed by atoms with Gasteiger partial charge in [-0.2, -0.15) is 0 Å². The summed E-state index contributed by atoms with van der Waals surface area (Å²) in [6.07, 6.45) is -0.313. The third kappa shape index (κ3) is 4.62. The van der Waals surface area contributed by atoms with Gasteiger partial charge in [-0.1, -0.05) is 6.92 Å². The van der Waals surface area contributed by atoms with Gasteiger partial charge in [-0.05, 0) is 13.3 Å². The van der Waals surface area contributed by atoms with Crippen molar-refractivity contribution in [1.82, 2.24) is 10.6 Å². The van der Waals surface area contributed by atoms with Gasteiger partial charge in [0.2, 0.25) is 0 Å². The molecule has 0 aromatic carbocycles. The van der Waals surface area contributed by atoms with Crippen molar-refractivity contribution in [2.45, 2.75) is 20.3 Å². The predicted octanol–water partition coefficient (Wildman–Crippen LogP) is 2.35. The van der Waals surface area contributed by atoms with Gasteiger partial charge in [0.1, 0.15) is 0 Å². The highest BCUT2D eigenvalue weighted by Crippen LogP contribution is 2.31. The van der Waals surface area contributed by atoms with Gasteiger partial charge >= 0.3 is 12.2 Å². The number of carbonyl (C=O) groups is 2. The molecule has 0 bridgehead atoms. The lowest BCUT2D eigenvalue weighted by molar-refractivity contribution is 0.190. The molecule has 0 aliphatic carbocycles. The lowest BCUT2D eigenvalue weighted by Crippen LogP contribution is -2.28. The quantitative estimate of drug-likeness (QED) is 0.862. The summed E-state index contributed by atoms with van der Waals surface area (Å²) < 4.78 is 10.0. The Labute approximate surface area is 109 Å². The molecule has 100 valence electrons. The summed E-state index contributed by atoms with van der Waals surface area (Å²) in [4.78, 5) is 22.6. The SMILES string of the molecule is CCCNC(=O)Oc1cscc1OC(=O)NCC. The maximum atomic E-state index is 11.3. The third-order valence-corrected chi connectivity index (χ3v) is 2.54. The normalized spacial score (nSPS) is 9.67. The van der Waals surface area contributed by atoms with Gasteiger partial charge in [0, 0.05) is 23.8 Å². The molecule has 0 fully saturated rings. The van der Waals surface area contributed by atoms with Gasteiger partial charge < -0.3 is 20.1 Å². The minimum atomic E-state index is -0.574. The lowest BCUT2D eigenvalue weighted by atomic mass is 10.5. The molecule has 2 N–H and O–H groups in total. The van der Waals surface area contributed by atoms with Crippen LogP contribution >= 0.6 is 11.3 Å². The minimum absolute atomic E-state index is 0.234. The Morgan fingerprint density at radius 1 is 1.11 bits per heavy atom. The Morgan fingerprint density at radius 2 is 1.67 bits per heavy atom. The molecule has 0 radical (unpaired) electrons. The van der Waals surface area contributed by atoms with Crippen LogP contribution in [0.1, 0.15) is 20.3 Å². The molecule has 0 unspecified atom stereocenters. The van der Waals surface area contributed by atoms with Crippen molar-refractivity contribution < 1.29 is 19.1 Å². The summed E-state index contributed by atoms with van der Waals surface area (Å²) in [6, 6.07) is 0. The highest BCUT2D eigenvalue weighted by molar-refractivity contribution is 7.08. The summed E-state index contributed by atoms with van der Waals surface area (Å²) in [5.41, 5.74) is 0. The van der Waals surface area contributed by atoms with Crippen LogP contribution in [0.3, 0.4) is 0 Å². The van der Waals surface area contributed by atoms with Crippen molar-refractivity contribution >= 4 is 23.5 Å². The minimum Gasteiger partial charge on any atom is -0.405 e. The Kier molecular flexibility index (Phi) is 5.99. The molecule has 0 saturated heterocycles. The standard InChI is InChI=1S/C11H16N2O4S/c1-3-5-13-11(15)17-9-7-18-6-8(9)16-10(14)12-4-2/h6-7H,3-5H2,1-2H3,(H,12,14)(H,13,15). The Bertz CT molecular complexity index is 406. The Balaban J connectivity index is 2.54. The molecule has 2 amide bonds. The van der Waals surface area contributed by atoms with Gasteiger partial charge in [0.05, 0.1) is 0 Å². The van der Waals surface area contributed by atoms with Crippen molar-refractivity contribution in [3.8, 4) is 11.5 Å². The van der Waals surface area contributed by atoms with Crippen LogP contribution in [0.25, 0.3) is 0 Å². The Hall–Kier alpha value is -1.76. The molecule has 0 aliphatic heterocycles. The number of hydrogen-bond acceptors (Lipinski definition) is 5. The molecule has 6 nitrogen and oxygen atoms in total. The van der Waals surface area contributed by atoms with Gasteiger partial charge in [-0.25, -0.2) is 9.59 Å². The number of ether oxygens (including phenoxy) is 2. The van der Waals surface area contributed by atoms with Gasteiger partial charge in [0.15, 0.2) is 11.5 Å². The zero-order valence-corrected chi connectivity index (χ0v) is 11.1. The Morgan fingerprint density at radius 3 is 2.17 bits per heavy atom. The van der Waals surface area contributed by atoms with E-state index < -0.39 is 12.2 Å². The molecule has 1 rings (SSSR count). The van der Waals surface area contributed by atoms with E-state index in [4.69, 9.17) is 9.47 Å². The monoisotopic (exact) mass is 272 g/mol. The zero-order chi connectivity index (χ0) is 13.4. The van der Waals surface area contributed by atoms with Gasteiger partial charge in [-0.3, -0.25) is 0 Å². The van der Waals surface area contributed by atoms with E-state index in [1.807, 2.05) is 6.92 Å². The summed E-state index contributed by atoms with van der Waals surface area (Å²) in [6.45, 7) is 4.73. The van der Waals surface area contributed by atoms with Gasteiger partial charge in [-0.15, -0.1) is 11.3 Å². The molecule has 0 atom stereocenters. The first-order valence-corrected chi connectivity index (χ1v) is 6.59. The maximum absolute atomic E-state index is 11.3. The van der Waals surface area contributed by atoms with Crippen molar-refractivity contribution in [2.24, 2.45) is 0 Å². The van der Waals surface area contributed by atoms with E-state index in [1.54, 1.807) is 17.7 Å². The van der Waals surface area contributed by atoms with Crippen molar-refractivity contribution in [3.05, 3.63) is 10.8 Å². The average molecular weight is 272 g/mol. The van der Waals surface area contributed by atoms with E-state index in [1.165, 1.54) is 11.3 Å². The van der Waals surface area contributed by atoms with Crippen molar-refractivity contribution in [1.29, 1.82) is 0 Å². The fourth-order valence-electron chi connectivity index (χ4n) is 1.07. The first-order chi connectivity index (χ1) is 8.67. The summed E-state index contributed by atoms with van der Waals surface area (Å²) in [5, 5.41) is 8.24.